The molecule has 5 heterocycles. The average molecular weight is 509 g/mol. The number of nitrogens with zero attached hydrogens (tertiary/aromatic N) is 3. The van der Waals surface area contributed by atoms with Crippen molar-refractivity contribution >= 4 is 39.0 Å². The lowest BCUT2D eigenvalue weighted by Crippen LogP contribution is -2.18. The molecule has 1 aromatic carbocycles. The molecular formula is C29H28N6OS. The molecule has 4 N–H and O–H groups in total. The lowest BCUT2D eigenvalue weighted by Gasteiger charge is -2.14. The first-order chi connectivity index (χ1) is 18.1. The molecule has 0 aliphatic carbocycles. The van der Waals surface area contributed by atoms with Gasteiger partial charge in [0.15, 0.2) is 0 Å². The van der Waals surface area contributed by atoms with Gasteiger partial charge in [0, 0.05) is 38.0 Å². The standard InChI is InChI=1S/C29H28N6OS/c1-3-4-8-27(36)31-19-13-18(15-30-16-19)22-10-11-24-28(33-22)29(35-34-24)25-14-21-20(6-5-7-23(21)32-25)26-12-9-17(2)37-26/h5-7,9-16,27,31-32,36H,3-4,8H2,1-2H3,(H,34,35). The predicted octanol–water partition coefficient (Wildman–Crippen LogP) is 7.13. The molecule has 0 aliphatic heterocycles. The van der Waals surface area contributed by atoms with Crippen LogP contribution in [0.4, 0.5) is 5.69 Å². The molecule has 0 bridgehead atoms. The van der Waals surface area contributed by atoms with Crippen molar-refractivity contribution < 1.29 is 5.11 Å². The second-order valence-electron chi connectivity index (χ2n) is 9.29. The zero-order chi connectivity index (χ0) is 25.4. The van der Waals surface area contributed by atoms with E-state index in [1.807, 2.05) is 18.2 Å². The Labute approximate surface area is 218 Å². The van der Waals surface area contributed by atoms with Gasteiger partial charge < -0.3 is 15.4 Å². The molecule has 6 rings (SSSR count). The third-order valence-electron chi connectivity index (χ3n) is 6.53. The minimum atomic E-state index is -0.599. The highest BCUT2D eigenvalue weighted by Crippen LogP contribution is 2.36. The van der Waals surface area contributed by atoms with E-state index in [2.05, 4.69) is 75.7 Å². The fourth-order valence-corrected chi connectivity index (χ4v) is 5.55. The van der Waals surface area contributed by atoms with Crippen molar-refractivity contribution in [2.75, 3.05) is 5.32 Å². The molecule has 0 saturated heterocycles. The van der Waals surface area contributed by atoms with E-state index in [4.69, 9.17) is 4.98 Å². The van der Waals surface area contributed by atoms with Gasteiger partial charge in [-0.1, -0.05) is 25.5 Å². The maximum absolute atomic E-state index is 10.3. The summed E-state index contributed by atoms with van der Waals surface area (Å²) in [6.07, 6.45) is 5.61. The maximum atomic E-state index is 10.3. The summed E-state index contributed by atoms with van der Waals surface area (Å²) in [6.45, 7) is 4.24. The van der Waals surface area contributed by atoms with Crippen LogP contribution >= 0.6 is 11.3 Å². The van der Waals surface area contributed by atoms with E-state index in [9.17, 15) is 5.11 Å². The summed E-state index contributed by atoms with van der Waals surface area (Å²) >= 11 is 1.80. The van der Waals surface area contributed by atoms with Crippen LogP contribution in [0.25, 0.3) is 55.0 Å². The van der Waals surface area contributed by atoms with Crippen LogP contribution in [-0.2, 0) is 0 Å². The van der Waals surface area contributed by atoms with E-state index in [1.54, 1.807) is 23.7 Å². The summed E-state index contributed by atoms with van der Waals surface area (Å²) in [5.74, 6) is 0. The third-order valence-corrected chi connectivity index (χ3v) is 7.57. The molecule has 37 heavy (non-hydrogen) atoms. The first-order valence-electron chi connectivity index (χ1n) is 12.5. The normalized spacial score (nSPS) is 12.4. The van der Waals surface area contributed by atoms with Crippen LogP contribution in [0.2, 0.25) is 0 Å². The van der Waals surface area contributed by atoms with Crippen molar-refractivity contribution in [2.45, 2.75) is 39.3 Å². The molecule has 0 amide bonds. The summed E-state index contributed by atoms with van der Waals surface area (Å²) < 4.78 is 0. The smallest absolute Gasteiger partial charge is 0.135 e. The number of thiophene rings is 1. The zero-order valence-electron chi connectivity index (χ0n) is 20.7. The molecule has 8 heteroatoms. The van der Waals surface area contributed by atoms with Crippen molar-refractivity contribution in [1.29, 1.82) is 0 Å². The van der Waals surface area contributed by atoms with E-state index in [0.717, 1.165) is 63.1 Å². The summed E-state index contributed by atoms with van der Waals surface area (Å²) in [7, 11) is 0. The van der Waals surface area contributed by atoms with Gasteiger partial charge in [-0.15, -0.1) is 11.3 Å². The second kappa shape index (κ2) is 9.80. The fourth-order valence-electron chi connectivity index (χ4n) is 4.65. The molecule has 1 unspecified atom stereocenters. The Balaban J connectivity index is 1.36. The Morgan fingerprint density at radius 1 is 1.05 bits per heavy atom. The lowest BCUT2D eigenvalue weighted by molar-refractivity contribution is 0.190. The molecule has 6 aromatic rings. The largest absolute Gasteiger partial charge is 0.374 e. The molecule has 186 valence electrons. The number of fused-ring (bicyclic) bond motifs is 2. The average Bonchev–Trinajstić information content (AvgIpc) is 3.64. The summed E-state index contributed by atoms with van der Waals surface area (Å²) in [5, 5.41) is 22.3. The third kappa shape index (κ3) is 4.61. The Bertz CT molecular complexity index is 1700. The molecule has 0 spiro atoms. The highest BCUT2D eigenvalue weighted by molar-refractivity contribution is 7.15. The number of hydrogen-bond acceptors (Lipinski definition) is 6. The summed E-state index contributed by atoms with van der Waals surface area (Å²) in [4.78, 5) is 15.4. The number of aromatic amines is 2. The van der Waals surface area contributed by atoms with Crippen molar-refractivity contribution in [1.82, 2.24) is 25.1 Å². The quantitative estimate of drug-likeness (QED) is 0.164. The minimum Gasteiger partial charge on any atom is -0.374 e. The number of pyridine rings is 2. The maximum Gasteiger partial charge on any atom is 0.135 e. The van der Waals surface area contributed by atoms with Gasteiger partial charge in [0.25, 0.3) is 0 Å². The van der Waals surface area contributed by atoms with Crippen molar-refractivity contribution in [3.63, 3.8) is 0 Å². The van der Waals surface area contributed by atoms with E-state index >= 15 is 0 Å². The molecule has 0 radical (unpaired) electrons. The van der Waals surface area contributed by atoms with Crippen LogP contribution in [-0.4, -0.2) is 36.5 Å². The molecule has 0 saturated carbocycles. The van der Waals surface area contributed by atoms with E-state index in [-0.39, 0.29) is 0 Å². The van der Waals surface area contributed by atoms with Crippen LogP contribution in [0.15, 0.2) is 67.0 Å². The topological polar surface area (TPSA) is 103 Å². The number of aryl methyl sites for hydroxylation is 1. The van der Waals surface area contributed by atoms with E-state index in [1.165, 1.54) is 15.3 Å². The van der Waals surface area contributed by atoms with Crippen molar-refractivity contribution in [3.05, 3.63) is 71.9 Å². The highest BCUT2D eigenvalue weighted by Gasteiger charge is 2.16. The Kier molecular flexibility index (Phi) is 6.20. The van der Waals surface area contributed by atoms with Crippen LogP contribution in [0.5, 0.6) is 0 Å². The summed E-state index contributed by atoms with van der Waals surface area (Å²) in [6, 6.07) is 18.8. The molecular weight excluding hydrogens is 480 g/mol. The van der Waals surface area contributed by atoms with Gasteiger partial charge in [0.2, 0.25) is 0 Å². The number of rotatable bonds is 8. The zero-order valence-corrected chi connectivity index (χ0v) is 21.6. The highest BCUT2D eigenvalue weighted by atomic mass is 32.1. The first-order valence-corrected chi connectivity index (χ1v) is 13.3. The van der Waals surface area contributed by atoms with Gasteiger partial charge in [0.05, 0.1) is 28.8 Å². The van der Waals surface area contributed by atoms with Crippen LogP contribution in [0, 0.1) is 6.92 Å². The lowest BCUT2D eigenvalue weighted by atomic mass is 10.1. The van der Waals surface area contributed by atoms with Gasteiger partial charge in [-0.05, 0) is 62.2 Å². The van der Waals surface area contributed by atoms with E-state index in [0.29, 0.717) is 6.42 Å². The van der Waals surface area contributed by atoms with Crippen molar-refractivity contribution in [2.24, 2.45) is 0 Å². The number of nitrogens with one attached hydrogen (secondary N) is 3. The molecule has 7 nitrogen and oxygen atoms in total. The minimum absolute atomic E-state index is 0.599. The number of benzene rings is 1. The van der Waals surface area contributed by atoms with Gasteiger partial charge in [-0.25, -0.2) is 4.98 Å². The number of aliphatic hydroxyl groups excluding tert-OH is 1. The van der Waals surface area contributed by atoms with Crippen LogP contribution in [0.3, 0.4) is 0 Å². The van der Waals surface area contributed by atoms with Gasteiger partial charge >= 0.3 is 0 Å². The molecule has 5 aromatic heterocycles. The predicted molar refractivity (Wildman–Crippen MR) is 152 cm³/mol. The molecule has 0 fully saturated rings. The van der Waals surface area contributed by atoms with Gasteiger partial charge in [-0.3, -0.25) is 10.1 Å². The SMILES string of the molecule is CCCCC(O)Nc1cncc(-c2ccc3[nH]nc(-c4cc5c(-c6ccc(C)s6)cccc5[nH]4)c3n2)c1. The number of aliphatic hydroxyl groups is 1. The Morgan fingerprint density at radius 2 is 1.97 bits per heavy atom. The second-order valence-corrected chi connectivity index (χ2v) is 10.6. The van der Waals surface area contributed by atoms with Crippen LogP contribution < -0.4 is 5.32 Å². The number of H-pyrrole nitrogens is 2. The Hall–Kier alpha value is -4.01. The number of anilines is 1. The van der Waals surface area contributed by atoms with Crippen LogP contribution in [0.1, 0.15) is 31.1 Å². The summed E-state index contributed by atoms with van der Waals surface area (Å²) in [5.41, 5.74) is 8.05. The van der Waals surface area contributed by atoms with Gasteiger partial charge in [0.1, 0.15) is 17.4 Å². The van der Waals surface area contributed by atoms with E-state index < -0.39 is 6.23 Å². The number of aromatic nitrogens is 5. The monoisotopic (exact) mass is 508 g/mol. The van der Waals surface area contributed by atoms with Gasteiger partial charge in [-0.2, -0.15) is 5.10 Å². The van der Waals surface area contributed by atoms with Crippen molar-refractivity contribution in [3.8, 4) is 33.1 Å². The molecule has 0 aliphatic rings. The first kappa shape index (κ1) is 23.4. The number of hydrogen-bond donors (Lipinski definition) is 4. The fraction of sp³-hybridized carbons (Fsp3) is 0.207. The number of unbranched alkanes of at least 4 members (excludes halogenated alkanes) is 1. The molecule has 1 atom stereocenters. The Morgan fingerprint density at radius 3 is 2.81 bits per heavy atom.